The van der Waals surface area contributed by atoms with Gasteiger partial charge in [-0.2, -0.15) is 0 Å². The first-order valence-electron chi connectivity index (χ1n) is 10.6. The number of hydrogen-bond acceptors (Lipinski definition) is 4. The lowest BCUT2D eigenvalue weighted by atomic mass is 10.1. The van der Waals surface area contributed by atoms with E-state index in [1.54, 1.807) is 42.6 Å². The van der Waals surface area contributed by atoms with Crippen LogP contribution >= 0.6 is 0 Å². The third-order valence-corrected chi connectivity index (χ3v) is 5.39. The molecule has 3 aromatic rings. The summed E-state index contributed by atoms with van der Waals surface area (Å²) in [6, 6.07) is 17.4. The summed E-state index contributed by atoms with van der Waals surface area (Å²) in [4.78, 5) is 37.8. The van der Waals surface area contributed by atoms with Crippen molar-refractivity contribution in [3.05, 3.63) is 93.9 Å². The maximum atomic E-state index is 12.9. The van der Waals surface area contributed by atoms with Crippen molar-refractivity contribution in [2.75, 3.05) is 18.5 Å². The van der Waals surface area contributed by atoms with Crippen molar-refractivity contribution in [3.63, 3.8) is 0 Å². The van der Waals surface area contributed by atoms with E-state index >= 15 is 0 Å². The van der Waals surface area contributed by atoms with Gasteiger partial charge in [0.25, 0.3) is 17.4 Å². The predicted octanol–water partition coefficient (Wildman–Crippen LogP) is 3.31. The maximum Gasteiger partial charge on any atom is 0.267 e. The molecule has 2 aromatic carbocycles. The van der Waals surface area contributed by atoms with Gasteiger partial charge in [0.05, 0.1) is 6.10 Å². The molecule has 7 heteroatoms. The molecule has 32 heavy (non-hydrogen) atoms. The number of carbonyl (C=O) groups is 2. The van der Waals surface area contributed by atoms with Crippen LogP contribution in [0.5, 0.6) is 0 Å². The highest BCUT2D eigenvalue weighted by Gasteiger charge is 2.18. The van der Waals surface area contributed by atoms with Gasteiger partial charge in [-0.3, -0.25) is 19.0 Å². The Balaban J connectivity index is 1.46. The Morgan fingerprint density at radius 3 is 2.59 bits per heavy atom. The standard InChI is InChI=1S/C25H25N3O4/c1-17-5-2-6-18(15-17)23(29)27-19-9-11-20(12-10-19)28-13-3-8-22(25(28)31)24(30)26-16-21-7-4-14-32-21/h2-3,5-6,8-13,15,21H,4,7,14,16H2,1H3,(H,26,30)(H,27,29). The number of ether oxygens (including phenoxy) is 1. The second-order valence-corrected chi connectivity index (χ2v) is 7.81. The number of aromatic nitrogens is 1. The average Bonchev–Trinajstić information content (AvgIpc) is 3.32. The molecule has 1 fully saturated rings. The first kappa shape index (κ1) is 21.5. The van der Waals surface area contributed by atoms with Gasteiger partial charge in [-0.1, -0.05) is 17.7 Å². The van der Waals surface area contributed by atoms with Crippen molar-refractivity contribution in [2.24, 2.45) is 0 Å². The molecule has 2 heterocycles. The third kappa shape index (κ3) is 4.95. The van der Waals surface area contributed by atoms with E-state index in [4.69, 9.17) is 4.74 Å². The minimum atomic E-state index is -0.415. The molecule has 0 radical (unpaired) electrons. The first-order valence-corrected chi connectivity index (χ1v) is 10.6. The molecular weight excluding hydrogens is 406 g/mol. The van der Waals surface area contributed by atoms with Gasteiger partial charge in [0, 0.05) is 36.3 Å². The van der Waals surface area contributed by atoms with Crippen LogP contribution in [0, 0.1) is 6.92 Å². The summed E-state index contributed by atoms with van der Waals surface area (Å²) in [6.45, 7) is 3.03. The van der Waals surface area contributed by atoms with E-state index < -0.39 is 11.5 Å². The molecule has 0 spiro atoms. The van der Waals surface area contributed by atoms with Crippen molar-refractivity contribution in [1.29, 1.82) is 0 Å². The second-order valence-electron chi connectivity index (χ2n) is 7.81. The summed E-state index contributed by atoms with van der Waals surface area (Å²) < 4.78 is 6.92. The molecule has 1 unspecified atom stereocenters. The van der Waals surface area contributed by atoms with Gasteiger partial charge in [-0.25, -0.2) is 0 Å². The van der Waals surface area contributed by atoms with Crippen LogP contribution in [-0.2, 0) is 4.74 Å². The van der Waals surface area contributed by atoms with Crippen LogP contribution in [0.25, 0.3) is 5.69 Å². The van der Waals surface area contributed by atoms with Crippen molar-refractivity contribution in [3.8, 4) is 5.69 Å². The number of rotatable bonds is 6. The third-order valence-electron chi connectivity index (χ3n) is 5.39. The normalized spacial score (nSPS) is 15.3. The lowest BCUT2D eigenvalue weighted by Crippen LogP contribution is -2.36. The van der Waals surface area contributed by atoms with Crippen molar-refractivity contribution in [2.45, 2.75) is 25.9 Å². The lowest BCUT2D eigenvalue weighted by molar-refractivity contribution is 0.0856. The van der Waals surface area contributed by atoms with Crippen LogP contribution in [0.4, 0.5) is 5.69 Å². The number of nitrogens with one attached hydrogen (secondary N) is 2. The predicted molar refractivity (Wildman–Crippen MR) is 122 cm³/mol. The largest absolute Gasteiger partial charge is 0.376 e. The molecule has 164 valence electrons. The minimum Gasteiger partial charge on any atom is -0.376 e. The molecule has 2 N–H and O–H groups in total. The minimum absolute atomic E-state index is 0.00689. The van der Waals surface area contributed by atoms with E-state index in [9.17, 15) is 14.4 Å². The van der Waals surface area contributed by atoms with Gasteiger partial charge < -0.3 is 15.4 Å². The second kappa shape index (κ2) is 9.62. The van der Waals surface area contributed by atoms with Gasteiger partial charge in [0.15, 0.2) is 0 Å². The van der Waals surface area contributed by atoms with Crippen LogP contribution in [0.3, 0.4) is 0 Å². The summed E-state index contributed by atoms with van der Waals surface area (Å²) in [5, 5.41) is 5.64. The molecule has 0 bridgehead atoms. The first-order chi connectivity index (χ1) is 15.5. The summed E-state index contributed by atoms with van der Waals surface area (Å²) in [7, 11) is 0. The van der Waals surface area contributed by atoms with Crippen LogP contribution in [0.15, 0.2) is 71.7 Å². The maximum absolute atomic E-state index is 12.9. The molecule has 1 aliphatic heterocycles. The molecule has 2 amide bonds. The fraction of sp³-hybridized carbons (Fsp3) is 0.240. The lowest BCUT2D eigenvalue weighted by Gasteiger charge is -2.12. The van der Waals surface area contributed by atoms with Gasteiger partial charge in [0.1, 0.15) is 5.56 Å². The van der Waals surface area contributed by atoms with Gasteiger partial charge >= 0.3 is 0 Å². The highest BCUT2D eigenvalue weighted by Crippen LogP contribution is 2.15. The summed E-state index contributed by atoms with van der Waals surface area (Å²) in [6.07, 6.45) is 3.51. The number of anilines is 1. The Bertz CT molecular complexity index is 1180. The topological polar surface area (TPSA) is 89.4 Å². The number of amides is 2. The Morgan fingerprint density at radius 2 is 1.88 bits per heavy atom. The quantitative estimate of drug-likeness (QED) is 0.627. The summed E-state index contributed by atoms with van der Waals surface area (Å²) >= 11 is 0. The van der Waals surface area contributed by atoms with Crippen molar-refractivity contribution < 1.29 is 14.3 Å². The summed E-state index contributed by atoms with van der Waals surface area (Å²) in [5.74, 6) is -0.620. The Kier molecular flexibility index (Phi) is 6.47. The molecule has 4 rings (SSSR count). The van der Waals surface area contributed by atoms with E-state index in [1.807, 2.05) is 25.1 Å². The average molecular weight is 431 g/mol. The Labute approximate surface area is 186 Å². The molecule has 7 nitrogen and oxygen atoms in total. The highest BCUT2D eigenvalue weighted by molar-refractivity contribution is 6.04. The fourth-order valence-electron chi connectivity index (χ4n) is 3.67. The fourth-order valence-corrected chi connectivity index (χ4v) is 3.67. The Morgan fingerprint density at radius 1 is 1.06 bits per heavy atom. The van der Waals surface area contributed by atoms with Gasteiger partial charge in [-0.05, 0) is 68.3 Å². The smallest absolute Gasteiger partial charge is 0.267 e. The number of nitrogens with zero attached hydrogens (tertiary/aromatic N) is 1. The van der Waals surface area contributed by atoms with Gasteiger partial charge in [0.2, 0.25) is 0 Å². The number of hydrogen-bond donors (Lipinski definition) is 2. The van der Waals surface area contributed by atoms with E-state index in [-0.39, 0.29) is 17.6 Å². The van der Waals surface area contributed by atoms with E-state index in [0.717, 1.165) is 18.4 Å². The number of benzene rings is 2. The van der Waals surface area contributed by atoms with Crippen LogP contribution < -0.4 is 16.2 Å². The summed E-state index contributed by atoms with van der Waals surface area (Å²) in [5.41, 5.74) is 2.45. The molecule has 0 saturated carbocycles. The molecular formula is C25H25N3O4. The number of carbonyl (C=O) groups excluding carboxylic acids is 2. The van der Waals surface area contributed by atoms with E-state index in [0.29, 0.717) is 30.1 Å². The monoisotopic (exact) mass is 431 g/mol. The number of aryl methyl sites for hydroxylation is 1. The zero-order valence-electron chi connectivity index (χ0n) is 17.8. The molecule has 1 saturated heterocycles. The van der Waals surface area contributed by atoms with E-state index in [1.165, 1.54) is 10.6 Å². The highest BCUT2D eigenvalue weighted by atomic mass is 16.5. The zero-order valence-corrected chi connectivity index (χ0v) is 17.8. The molecule has 1 atom stereocenters. The van der Waals surface area contributed by atoms with Gasteiger partial charge in [-0.15, -0.1) is 0 Å². The Hall–Kier alpha value is -3.71. The van der Waals surface area contributed by atoms with Crippen molar-refractivity contribution >= 4 is 17.5 Å². The molecule has 1 aromatic heterocycles. The van der Waals surface area contributed by atoms with Crippen molar-refractivity contribution in [1.82, 2.24) is 9.88 Å². The molecule has 0 aliphatic carbocycles. The number of pyridine rings is 1. The van der Waals surface area contributed by atoms with E-state index in [2.05, 4.69) is 10.6 Å². The SMILES string of the molecule is Cc1cccc(C(=O)Nc2ccc(-n3cccc(C(=O)NCC4CCCO4)c3=O)cc2)c1. The zero-order chi connectivity index (χ0) is 22.5. The van der Waals surface area contributed by atoms with Crippen LogP contribution in [-0.4, -0.2) is 35.6 Å². The molecule has 1 aliphatic rings. The van der Waals surface area contributed by atoms with Crippen LogP contribution in [0.2, 0.25) is 0 Å². The van der Waals surface area contributed by atoms with Crippen LogP contribution in [0.1, 0.15) is 39.1 Å².